The lowest BCUT2D eigenvalue weighted by Crippen LogP contribution is -2.24. The first-order valence-corrected chi connectivity index (χ1v) is 7.65. The zero-order chi connectivity index (χ0) is 14.2. The predicted molar refractivity (Wildman–Crippen MR) is 86.8 cm³/mol. The highest BCUT2D eigenvalue weighted by molar-refractivity contribution is 6.05. The van der Waals surface area contributed by atoms with Crippen molar-refractivity contribution in [2.45, 2.75) is 46.5 Å². The van der Waals surface area contributed by atoms with E-state index >= 15 is 0 Å². The third kappa shape index (κ3) is 2.06. The van der Waals surface area contributed by atoms with E-state index in [2.05, 4.69) is 50.3 Å². The van der Waals surface area contributed by atoms with Gasteiger partial charge in [-0.3, -0.25) is 4.99 Å². The number of allylic oxidation sites excluding steroid dienone is 10. The van der Waals surface area contributed by atoms with Gasteiger partial charge in [0, 0.05) is 11.1 Å². The molecule has 1 aliphatic heterocycles. The van der Waals surface area contributed by atoms with Crippen molar-refractivity contribution in [1.29, 1.82) is 0 Å². The van der Waals surface area contributed by atoms with Gasteiger partial charge in [0.25, 0.3) is 0 Å². The van der Waals surface area contributed by atoms with Crippen LogP contribution in [0.15, 0.2) is 63.9 Å². The van der Waals surface area contributed by atoms with Crippen molar-refractivity contribution in [3.05, 3.63) is 58.9 Å². The minimum atomic E-state index is 0.0552. The molecule has 0 atom stereocenters. The van der Waals surface area contributed by atoms with Crippen LogP contribution in [0, 0.1) is 5.41 Å². The van der Waals surface area contributed by atoms with Crippen LogP contribution in [-0.2, 0) is 0 Å². The molecule has 20 heavy (non-hydrogen) atoms. The number of hydrogen-bond acceptors (Lipinski definition) is 1. The van der Waals surface area contributed by atoms with Gasteiger partial charge < -0.3 is 0 Å². The Hall–Kier alpha value is -1.63. The molecule has 0 unspecified atom stereocenters. The van der Waals surface area contributed by atoms with Crippen LogP contribution in [0.2, 0.25) is 0 Å². The predicted octanol–water partition coefficient (Wildman–Crippen LogP) is 5.29. The summed E-state index contributed by atoms with van der Waals surface area (Å²) in [6.45, 7) is 6.69. The van der Waals surface area contributed by atoms with Crippen molar-refractivity contribution >= 4 is 5.71 Å². The Labute approximate surface area is 122 Å². The number of fused-ring (bicyclic) bond motifs is 1. The van der Waals surface area contributed by atoms with Crippen LogP contribution in [0.5, 0.6) is 0 Å². The van der Waals surface area contributed by atoms with Gasteiger partial charge in [0.1, 0.15) is 0 Å². The molecule has 0 saturated heterocycles. The summed E-state index contributed by atoms with van der Waals surface area (Å²) in [6, 6.07) is 0. The van der Waals surface area contributed by atoms with Crippen LogP contribution in [0.3, 0.4) is 0 Å². The summed E-state index contributed by atoms with van der Waals surface area (Å²) in [5, 5.41) is 0. The van der Waals surface area contributed by atoms with E-state index in [-0.39, 0.29) is 5.41 Å². The summed E-state index contributed by atoms with van der Waals surface area (Å²) in [5.74, 6) is 0. The quantitative estimate of drug-likeness (QED) is 0.601. The fourth-order valence-corrected chi connectivity index (χ4v) is 3.55. The molecule has 0 aromatic carbocycles. The first-order chi connectivity index (χ1) is 9.64. The van der Waals surface area contributed by atoms with E-state index in [1.807, 2.05) is 6.92 Å². The SMILES string of the molecule is CC=CC=CC1=NC2=C(C3=C(C=CCC3)CC2)C1(C)C. The Morgan fingerprint density at radius 3 is 2.80 bits per heavy atom. The Balaban J connectivity index is 1.99. The number of nitrogens with zero attached hydrogens (tertiary/aromatic N) is 1. The highest BCUT2D eigenvalue weighted by atomic mass is 14.8. The Morgan fingerprint density at radius 2 is 2.00 bits per heavy atom. The van der Waals surface area contributed by atoms with E-state index in [4.69, 9.17) is 4.99 Å². The third-order valence-corrected chi connectivity index (χ3v) is 4.57. The smallest absolute Gasteiger partial charge is 0.0507 e. The molecule has 0 aromatic heterocycles. The molecule has 0 saturated carbocycles. The minimum Gasteiger partial charge on any atom is -0.257 e. The maximum Gasteiger partial charge on any atom is 0.0507 e. The van der Waals surface area contributed by atoms with E-state index in [0.717, 1.165) is 12.8 Å². The van der Waals surface area contributed by atoms with Gasteiger partial charge in [-0.1, -0.05) is 44.2 Å². The Bertz CT molecular complexity index is 604. The molecule has 0 bridgehead atoms. The minimum absolute atomic E-state index is 0.0552. The number of aliphatic imine (C=N–C) groups is 1. The lowest BCUT2D eigenvalue weighted by Gasteiger charge is -2.31. The molecule has 0 spiro atoms. The van der Waals surface area contributed by atoms with Gasteiger partial charge >= 0.3 is 0 Å². The van der Waals surface area contributed by atoms with Gasteiger partial charge in [-0.05, 0) is 55.4 Å². The fraction of sp³-hybridized carbons (Fsp3) is 0.421. The van der Waals surface area contributed by atoms with Crippen LogP contribution in [0.25, 0.3) is 0 Å². The summed E-state index contributed by atoms with van der Waals surface area (Å²) in [6.07, 6.45) is 17.7. The average molecular weight is 265 g/mol. The molecule has 3 rings (SSSR count). The first-order valence-electron chi connectivity index (χ1n) is 7.65. The van der Waals surface area contributed by atoms with Gasteiger partial charge in [0.2, 0.25) is 0 Å². The lowest BCUT2D eigenvalue weighted by atomic mass is 9.71. The number of rotatable bonds is 2. The van der Waals surface area contributed by atoms with Crippen molar-refractivity contribution in [3.8, 4) is 0 Å². The second kappa shape index (κ2) is 5.05. The molecule has 0 radical (unpaired) electrons. The molecule has 1 heteroatoms. The molecule has 0 amide bonds. The van der Waals surface area contributed by atoms with Crippen LogP contribution in [-0.4, -0.2) is 5.71 Å². The molecule has 104 valence electrons. The van der Waals surface area contributed by atoms with Gasteiger partial charge in [0.15, 0.2) is 0 Å². The van der Waals surface area contributed by atoms with Crippen LogP contribution < -0.4 is 0 Å². The first kappa shape index (κ1) is 13.4. The van der Waals surface area contributed by atoms with E-state index in [0.29, 0.717) is 0 Å². The summed E-state index contributed by atoms with van der Waals surface area (Å²) < 4.78 is 0. The maximum absolute atomic E-state index is 4.94. The summed E-state index contributed by atoms with van der Waals surface area (Å²) in [4.78, 5) is 4.94. The zero-order valence-corrected chi connectivity index (χ0v) is 12.7. The van der Waals surface area contributed by atoms with Gasteiger partial charge in [-0.2, -0.15) is 0 Å². The van der Waals surface area contributed by atoms with E-state index < -0.39 is 0 Å². The monoisotopic (exact) mass is 265 g/mol. The Kier molecular flexibility index (Phi) is 3.37. The summed E-state index contributed by atoms with van der Waals surface area (Å²) in [7, 11) is 0. The molecule has 3 aliphatic rings. The Morgan fingerprint density at radius 1 is 1.15 bits per heavy atom. The standard InChI is InChI=1S/C19H23N/c1-4-5-6-11-17-19(2,3)18-15-10-8-7-9-14(15)12-13-16(18)20-17/h4-7,9,11H,8,10,12-13H2,1-3H3. The van der Waals surface area contributed by atoms with E-state index in [1.165, 1.54) is 29.8 Å². The van der Waals surface area contributed by atoms with E-state index in [1.54, 1.807) is 11.1 Å². The number of hydrogen-bond donors (Lipinski definition) is 0. The van der Waals surface area contributed by atoms with Crippen LogP contribution >= 0.6 is 0 Å². The zero-order valence-electron chi connectivity index (χ0n) is 12.7. The molecule has 1 nitrogen and oxygen atoms in total. The largest absolute Gasteiger partial charge is 0.257 e. The molecule has 2 aliphatic carbocycles. The second-order valence-corrected chi connectivity index (χ2v) is 6.27. The lowest BCUT2D eigenvalue weighted by molar-refractivity contribution is 0.623. The van der Waals surface area contributed by atoms with Crippen LogP contribution in [0.1, 0.15) is 46.5 Å². The van der Waals surface area contributed by atoms with E-state index in [9.17, 15) is 0 Å². The van der Waals surface area contributed by atoms with Crippen molar-refractivity contribution < 1.29 is 0 Å². The second-order valence-electron chi connectivity index (χ2n) is 6.27. The third-order valence-electron chi connectivity index (χ3n) is 4.57. The van der Waals surface area contributed by atoms with Gasteiger partial charge in [-0.15, -0.1) is 0 Å². The molecular formula is C19H23N. The normalized spacial score (nSPS) is 24.6. The average Bonchev–Trinajstić information content (AvgIpc) is 2.71. The van der Waals surface area contributed by atoms with Crippen molar-refractivity contribution in [2.75, 3.05) is 0 Å². The van der Waals surface area contributed by atoms with Crippen molar-refractivity contribution in [2.24, 2.45) is 10.4 Å². The van der Waals surface area contributed by atoms with Gasteiger partial charge in [0.05, 0.1) is 5.71 Å². The molecular weight excluding hydrogens is 242 g/mol. The summed E-state index contributed by atoms with van der Waals surface area (Å²) in [5.41, 5.74) is 7.25. The van der Waals surface area contributed by atoms with Crippen molar-refractivity contribution in [1.82, 2.24) is 0 Å². The fourth-order valence-electron chi connectivity index (χ4n) is 3.55. The van der Waals surface area contributed by atoms with Crippen LogP contribution in [0.4, 0.5) is 0 Å². The molecule has 1 heterocycles. The topological polar surface area (TPSA) is 12.4 Å². The van der Waals surface area contributed by atoms with Crippen molar-refractivity contribution in [3.63, 3.8) is 0 Å². The molecule has 0 aromatic rings. The highest BCUT2D eigenvalue weighted by Gasteiger charge is 2.39. The molecule has 0 fully saturated rings. The van der Waals surface area contributed by atoms with Gasteiger partial charge in [-0.25, -0.2) is 0 Å². The maximum atomic E-state index is 4.94. The molecule has 0 N–H and O–H groups in total. The highest BCUT2D eigenvalue weighted by Crippen LogP contribution is 2.49. The summed E-state index contributed by atoms with van der Waals surface area (Å²) >= 11 is 0.